The van der Waals surface area contributed by atoms with Gasteiger partial charge in [-0.25, -0.2) is 9.59 Å². The van der Waals surface area contributed by atoms with Crippen LogP contribution in [0.1, 0.15) is 133 Å². The van der Waals surface area contributed by atoms with E-state index in [0.717, 1.165) is 38.8 Å². The molecule has 0 aromatic heterocycles. The van der Waals surface area contributed by atoms with Crippen molar-refractivity contribution in [2.24, 2.45) is 17.3 Å². The first kappa shape index (κ1) is 47.9. The van der Waals surface area contributed by atoms with E-state index in [1.165, 1.54) is 58.7 Å². The lowest BCUT2D eigenvalue weighted by molar-refractivity contribution is -0.254. The number of nitrogens with one attached hydrogen (secondary N) is 2. The van der Waals surface area contributed by atoms with Crippen LogP contribution in [-0.2, 0) is 49.0 Å². The maximum Gasteiger partial charge on any atom is 0.420 e. The van der Waals surface area contributed by atoms with Crippen molar-refractivity contribution >= 4 is 47.0 Å². The van der Waals surface area contributed by atoms with Crippen molar-refractivity contribution < 1.29 is 38.1 Å². The monoisotopic (exact) mass is 1030 g/mol. The minimum atomic E-state index is -2.10. The number of nitrogens with zero attached hydrogens (tertiary/aromatic N) is 2. The number of ether oxygens (including phenoxy) is 4. The van der Waals surface area contributed by atoms with Crippen molar-refractivity contribution in [1.29, 1.82) is 0 Å². The molecule has 5 heterocycles. The number of carbonyl (C=O) groups is 4. The second kappa shape index (κ2) is 17.6. The van der Waals surface area contributed by atoms with Gasteiger partial charge in [0.25, 0.3) is 23.4 Å². The number of methoxy groups -OCH3 is 2. The Morgan fingerprint density at radius 2 is 0.877 bits per heavy atom. The zero-order valence-corrected chi connectivity index (χ0v) is 43.2. The van der Waals surface area contributed by atoms with Crippen LogP contribution in [0.15, 0.2) is 84.9 Å². The van der Waals surface area contributed by atoms with Gasteiger partial charge in [0.1, 0.15) is 0 Å². The van der Waals surface area contributed by atoms with E-state index in [1.54, 1.807) is 0 Å². The number of rotatable bonds is 4. The summed E-state index contributed by atoms with van der Waals surface area (Å²) >= 11 is 14.4. The molecule has 11 aliphatic rings. The highest BCUT2D eigenvalue weighted by Crippen LogP contribution is 2.87. The Hall–Kier alpha value is -4.82. The molecule has 2 N–H and O–H groups in total. The van der Waals surface area contributed by atoms with Gasteiger partial charge < -0.3 is 39.4 Å². The normalized spacial score (nSPS) is 36.9. The average molecular weight is 1030 g/mol. The molecule has 0 radical (unpaired) electrons. The Kier molecular flexibility index (Phi) is 11.6. The minimum absolute atomic E-state index is 0.0172. The van der Waals surface area contributed by atoms with Crippen LogP contribution in [0.3, 0.4) is 0 Å². The van der Waals surface area contributed by atoms with Crippen molar-refractivity contribution in [3.05, 3.63) is 139 Å². The molecule has 2 amide bonds. The summed E-state index contributed by atoms with van der Waals surface area (Å²) in [7, 11) is 2.70. The topological polar surface area (TPSA) is 136 Å². The van der Waals surface area contributed by atoms with Crippen molar-refractivity contribution in [2.45, 2.75) is 123 Å². The first-order chi connectivity index (χ1) is 35.5. The van der Waals surface area contributed by atoms with Gasteiger partial charge in [-0.1, -0.05) is 110 Å². The Labute approximate surface area is 437 Å². The molecule has 6 aliphatic carbocycles. The molecule has 15 rings (SSSR count). The molecule has 4 aromatic carbocycles. The summed E-state index contributed by atoms with van der Waals surface area (Å²) in [5.41, 5.74) is 9.09. The maximum atomic E-state index is 14.9. The zero-order chi connectivity index (χ0) is 50.1. The number of amides is 2. The van der Waals surface area contributed by atoms with E-state index >= 15 is 0 Å². The lowest BCUT2D eigenvalue weighted by atomic mass is 9.49. The largest absolute Gasteiger partial charge is 0.420 e. The SMILES string of the molecule is COC1(C2CCCC2)OC(=O)C(=O)OC(OC)(C2CCCC2)C(=O)NC2CCN(CC2)CC23c4ccccc4C(c4ccc(Cl)cc42)C32C3c4ccccc4C2(CN2CCC(CC2)NC1=O)c1cc(Cl)ccc13. The van der Waals surface area contributed by atoms with Crippen molar-refractivity contribution in [3.8, 4) is 0 Å². The minimum Gasteiger partial charge on any atom is -0.414 e. The Morgan fingerprint density at radius 1 is 0.507 bits per heavy atom. The molecule has 382 valence electrons. The van der Waals surface area contributed by atoms with Crippen LogP contribution in [0.5, 0.6) is 0 Å². The highest BCUT2D eigenvalue weighted by molar-refractivity contribution is 6.31. The first-order valence-electron chi connectivity index (χ1n) is 26.9. The second-order valence-corrected chi connectivity index (χ2v) is 23.6. The lowest BCUT2D eigenvalue weighted by Crippen LogP contribution is -2.62. The Balaban J connectivity index is 0.973. The molecule has 4 aromatic rings. The van der Waals surface area contributed by atoms with E-state index < -0.39 is 63.4 Å². The molecule has 14 heteroatoms. The van der Waals surface area contributed by atoms with Crippen LogP contribution < -0.4 is 10.6 Å². The molecule has 12 nitrogen and oxygen atoms in total. The Morgan fingerprint density at radius 3 is 1.26 bits per heavy atom. The number of carbonyl (C=O) groups excluding carboxylic acids is 4. The lowest BCUT2D eigenvalue weighted by Gasteiger charge is -2.55. The second-order valence-electron chi connectivity index (χ2n) is 22.7. The van der Waals surface area contributed by atoms with Gasteiger partial charge in [0.2, 0.25) is 0 Å². The molecule has 73 heavy (non-hydrogen) atoms. The number of esters is 2. The van der Waals surface area contributed by atoms with Crippen LogP contribution in [0.2, 0.25) is 10.0 Å². The van der Waals surface area contributed by atoms with Gasteiger partial charge in [0.15, 0.2) is 0 Å². The number of fused-ring (bicyclic) bond motifs is 10. The fourth-order valence-electron chi connectivity index (χ4n) is 17.1. The molecule has 8 bridgehead atoms. The van der Waals surface area contributed by atoms with Crippen molar-refractivity contribution in [3.63, 3.8) is 0 Å². The van der Waals surface area contributed by atoms with Crippen LogP contribution in [0.25, 0.3) is 0 Å². The molecule has 7 fully saturated rings. The molecule has 1 spiro atoms. The van der Waals surface area contributed by atoms with Crippen LogP contribution in [-0.4, -0.2) is 111 Å². The van der Waals surface area contributed by atoms with Gasteiger partial charge in [-0.2, -0.15) is 0 Å². The van der Waals surface area contributed by atoms with Gasteiger partial charge in [-0.3, -0.25) is 9.59 Å². The number of piperidine rings is 2. The molecule has 6 unspecified atom stereocenters. The molecule has 6 atom stereocenters. The van der Waals surface area contributed by atoms with E-state index in [0.29, 0.717) is 87.6 Å². The highest BCUT2D eigenvalue weighted by Gasteiger charge is 2.84. The fraction of sp³-hybridized carbons (Fsp3) is 0.525. The van der Waals surface area contributed by atoms with Gasteiger partial charge in [0.05, 0.1) is 0 Å². The standard InChI is InChI=1S/C59H64Cl2N4O8/c1-70-58(35-11-3-4-12-35)53(68)62-39-23-27-64(28-24-39)33-55-45-17-9-7-15-41(45)49(43-21-19-37(60)31-47(43)55)57(55)50-42-16-8-10-18-46(42)56(57,48-32-38(61)20-22-44(48)50)34-65-29-25-40(26-30-65)63-54(69)59(71-2,36-13-5-6-14-36)73-52(67)51(66)72-58/h7-10,15-22,31-32,35-36,39-40,49-50H,3-6,11-14,23-30,33-34H2,1-2H3,(H,62,68)(H,63,69). The van der Waals surface area contributed by atoms with E-state index in [2.05, 4.69) is 105 Å². The summed E-state index contributed by atoms with van der Waals surface area (Å²) in [5, 5.41) is 7.95. The van der Waals surface area contributed by atoms with E-state index in [1.807, 2.05) is 0 Å². The summed E-state index contributed by atoms with van der Waals surface area (Å²) in [6, 6.07) is 31.1. The number of halogens is 2. The van der Waals surface area contributed by atoms with Gasteiger partial charge in [-0.15, -0.1) is 0 Å². The number of hydrogen-bond acceptors (Lipinski definition) is 10. The number of benzene rings is 4. The zero-order valence-electron chi connectivity index (χ0n) is 41.7. The van der Waals surface area contributed by atoms with Gasteiger partial charge in [0, 0.05) is 116 Å². The van der Waals surface area contributed by atoms with Gasteiger partial charge >= 0.3 is 11.9 Å². The molecule has 5 saturated heterocycles. The van der Waals surface area contributed by atoms with Crippen LogP contribution in [0.4, 0.5) is 0 Å². The third-order valence-electron chi connectivity index (χ3n) is 19.8. The van der Waals surface area contributed by atoms with Crippen LogP contribution >= 0.6 is 23.2 Å². The summed E-state index contributed by atoms with van der Waals surface area (Å²) in [6.45, 7) is 4.22. The third kappa shape index (κ3) is 6.52. The number of hydrogen-bond donors (Lipinski definition) is 2. The predicted octanol–water partition coefficient (Wildman–Crippen LogP) is 8.50. The molecule has 2 saturated carbocycles. The highest BCUT2D eigenvalue weighted by atomic mass is 35.5. The summed E-state index contributed by atoms with van der Waals surface area (Å²) in [4.78, 5) is 63.4. The third-order valence-corrected chi connectivity index (χ3v) is 20.3. The Bertz CT molecular complexity index is 2730. The smallest absolute Gasteiger partial charge is 0.414 e. The molecular weight excluding hydrogens is 964 g/mol. The predicted molar refractivity (Wildman–Crippen MR) is 274 cm³/mol. The molecular formula is C59H64Cl2N4O8. The average Bonchev–Trinajstić information content (AvgIpc) is 4.42. The maximum absolute atomic E-state index is 14.9. The summed E-state index contributed by atoms with van der Waals surface area (Å²) in [6.07, 6.45) is 8.03. The molecule has 5 aliphatic heterocycles. The quantitative estimate of drug-likeness (QED) is 0.151. The summed E-state index contributed by atoms with van der Waals surface area (Å²) < 4.78 is 24.1. The fourth-order valence-corrected chi connectivity index (χ4v) is 17.5. The van der Waals surface area contributed by atoms with Crippen molar-refractivity contribution in [1.82, 2.24) is 20.4 Å². The van der Waals surface area contributed by atoms with E-state index in [4.69, 9.17) is 42.1 Å². The van der Waals surface area contributed by atoms with Crippen LogP contribution in [0, 0.1) is 17.3 Å². The van der Waals surface area contributed by atoms with Gasteiger partial charge in [-0.05, 0) is 120 Å². The first-order valence-corrected chi connectivity index (χ1v) is 27.6. The van der Waals surface area contributed by atoms with Crippen molar-refractivity contribution in [2.75, 3.05) is 53.5 Å². The van der Waals surface area contributed by atoms with E-state index in [-0.39, 0.29) is 23.9 Å². The summed E-state index contributed by atoms with van der Waals surface area (Å²) in [5.74, 6) is -9.16. The van der Waals surface area contributed by atoms with E-state index in [9.17, 15) is 19.2 Å².